The molecule has 2 aromatic carbocycles. The quantitative estimate of drug-likeness (QED) is 0.570. The van der Waals surface area contributed by atoms with Crippen molar-refractivity contribution in [2.24, 2.45) is 0 Å². The van der Waals surface area contributed by atoms with Crippen molar-refractivity contribution in [2.75, 3.05) is 26.3 Å². The average molecular weight is 459 g/mol. The number of imide groups is 1. The molecule has 1 N–H and O–H groups in total. The van der Waals surface area contributed by atoms with Crippen LogP contribution in [0.2, 0.25) is 0 Å². The summed E-state index contributed by atoms with van der Waals surface area (Å²) in [6.45, 7) is 4.65. The van der Waals surface area contributed by atoms with E-state index in [-0.39, 0.29) is 29.5 Å². The zero-order chi connectivity index (χ0) is 23.1. The normalized spacial score (nSPS) is 14.7. The predicted octanol–water partition coefficient (Wildman–Crippen LogP) is 4.09. The van der Waals surface area contributed by atoms with Crippen LogP contribution in [0.15, 0.2) is 47.4 Å². The maximum absolute atomic E-state index is 13.8. The van der Waals surface area contributed by atoms with Crippen molar-refractivity contribution in [3.63, 3.8) is 0 Å². The van der Waals surface area contributed by atoms with Crippen LogP contribution in [0.25, 0.3) is 6.08 Å². The molecule has 0 spiro atoms. The molecule has 32 heavy (non-hydrogen) atoms. The molecule has 1 aliphatic heterocycles. The molecular formula is C23H23FN2O5S. The van der Waals surface area contributed by atoms with Gasteiger partial charge in [-0.2, -0.15) is 0 Å². The number of halogens is 1. The standard InChI is InChI=1S/C23H23FN2O5S/c1-3-30-18-10-9-16(13-19(18)31-4-2)21(27)25-11-12-26-22(28)20(32-23(26)29)14-15-7-5-6-8-17(15)24/h5-10,13-14H,3-4,11-12H2,1-2H3,(H,25,27)/b20-14-. The molecule has 0 radical (unpaired) electrons. The maximum atomic E-state index is 13.8. The fourth-order valence-corrected chi connectivity index (χ4v) is 3.86. The number of hydrogen-bond donors (Lipinski definition) is 1. The van der Waals surface area contributed by atoms with Crippen LogP contribution in [0.3, 0.4) is 0 Å². The van der Waals surface area contributed by atoms with Gasteiger partial charge >= 0.3 is 0 Å². The van der Waals surface area contributed by atoms with Gasteiger partial charge in [0, 0.05) is 24.2 Å². The van der Waals surface area contributed by atoms with E-state index in [2.05, 4.69) is 5.32 Å². The van der Waals surface area contributed by atoms with Crippen LogP contribution in [0.4, 0.5) is 9.18 Å². The third kappa shape index (κ3) is 5.47. The highest BCUT2D eigenvalue weighted by Gasteiger charge is 2.34. The molecule has 3 amide bonds. The van der Waals surface area contributed by atoms with E-state index in [0.29, 0.717) is 30.3 Å². The molecule has 3 rings (SSSR count). The highest BCUT2D eigenvalue weighted by atomic mass is 32.2. The van der Waals surface area contributed by atoms with Gasteiger partial charge in [0.25, 0.3) is 17.1 Å². The first-order chi connectivity index (χ1) is 15.4. The molecule has 1 heterocycles. The minimum atomic E-state index is -0.516. The van der Waals surface area contributed by atoms with Crippen LogP contribution in [0, 0.1) is 5.82 Å². The summed E-state index contributed by atoms with van der Waals surface area (Å²) in [4.78, 5) is 38.4. The van der Waals surface area contributed by atoms with Crippen LogP contribution in [-0.2, 0) is 4.79 Å². The number of carbonyl (C=O) groups excluding carboxylic acids is 3. The summed E-state index contributed by atoms with van der Waals surface area (Å²) in [5.41, 5.74) is 0.595. The highest BCUT2D eigenvalue weighted by molar-refractivity contribution is 8.18. The predicted molar refractivity (Wildman–Crippen MR) is 120 cm³/mol. The number of hydrogen-bond acceptors (Lipinski definition) is 6. The Morgan fingerprint density at radius 2 is 1.81 bits per heavy atom. The van der Waals surface area contributed by atoms with Crippen LogP contribution in [-0.4, -0.2) is 48.3 Å². The van der Waals surface area contributed by atoms with Gasteiger partial charge in [0.1, 0.15) is 5.82 Å². The fraction of sp³-hybridized carbons (Fsp3) is 0.261. The summed E-state index contributed by atoms with van der Waals surface area (Å²) < 4.78 is 24.8. The molecule has 1 fully saturated rings. The summed E-state index contributed by atoms with van der Waals surface area (Å²) in [5.74, 6) is -0.356. The number of rotatable bonds is 9. The van der Waals surface area contributed by atoms with Crippen molar-refractivity contribution in [1.82, 2.24) is 10.2 Å². The number of carbonyl (C=O) groups is 3. The van der Waals surface area contributed by atoms with Gasteiger partial charge in [-0.1, -0.05) is 18.2 Å². The molecular weight excluding hydrogens is 435 g/mol. The van der Waals surface area contributed by atoms with Crippen LogP contribution >= 0.6 is 11.8 Å². The first kappa shape index (κ1) is 23.3. The van der Waals surface area contributed by atoms with Crippen molar-refractivity contribution in [2.45, 2.75) is 13.8 Å². The van der Waals surface area contributed by atoms with Crippen molar-refractivity contribution < 1.29 is 28.2 Å². The molecule has 0 aromatic heterocycles. The Labute approximate surface area is 189 Å². The third-order valence-corrected chi connectivity index (χ3v) is 5.40. The molecule has 2 aromatic rings. The minimum Gasteiger partial charge on any atom is -0.490 e. The van der Waals surface area contributed by atoms with E-state index < -0.39 is 17.0 Å². The lowest BCUT2D eigenvalue weighted by molar-refractivity contribution is -0.122. The van der Waals surface area contributed by atoms with E-state index in [1.165, 1.54) is 18.2 Å². The van der Waals surface area contributed by atoms with E-state index in [0.717, 1.165) is 16.7 Å². The minimum absolute atomic E-state index is 0.000362. The summed E-state index contributed by atoms with van der Waals surface area (Å²) in [7, 11) is 0. The Hall–Kier alpha value is -3.33. The van der Waals surface area contributed by atoms with E-state index >= 15 is 0 Å². The molecule has 0 unspecified atom stereocenters. The molecule has 0 bridgehead atoms. The van der Waals surface area contributed by atoms with Crippen molar-refractivity contribution in [1.29, 1.82) is 0 Å². The zero-order valence-corrected chi connectivity index (χ0v) is 18.5. The van der Waals surface area contributed by atoms with Crippen LogP contribution in [0.5, 0.6) is 11.5 Å². The Kier molecular flexibility index (Phi) is 7.88. The lowest BCUT2D eigenvalue weighted by Gasteiger charge is -2.14. The lowest BCUT2D eigenvalue weighted by atomic mass is 10.2. The average Bonchev–Trinajstić information content (AvgIpc) is 3.04. The third-order valence-electron chi connectivity index (χ3n) is 4.49. The van der Waals surface area contributed by atoms with Gasteiger partial charge in [-0.3, -0.25) is 19.3 Å². The monoisotopic (exact) mass is 458 g/mol. The van der Waals surface area contributed by atoms with Crippen LogP contribution < -0.4 is 14.8 Å². The van der Waals surface area contributed by atoms with E-state index in [9.17, 15) is 18.8 Å². The molecule has 0 atom stereocenters. The van der Waals surface area contributed by atoms with E-state index in [1.54, 1.807) is 30.3 Å². The first-order valence-electron chi connectivity index (χ1n) is 10.1. The number of ether oxygens (including phenoxy) is 2. The molecule has 7 nitrogen and oxygen atoms in total. The summed E-state index contributed by atoms with van der Waals surface area (Å²) in [6.07, 6.45) is 1.36. The number of amides is 3. The van der Waals surface area contributed by atoms with Crippen molar-refractivity contribution in [3.8, 4) is 11.5 Å². The largest absolute Gasteiger partial charge is 0.490 e. The summed E-state index contributed by atoms with van der Waals surface area (Å²) in [5, 5.41) is 2.23. The second-order valence-electron chi connectivity index (χ2n) is 6.64. The summed E-state index contributed by atoms with van der Waals surface area (Å²) in [6, 6.07) is 10.9. The molecule has 9 heteroatoms. The van der Waals surface area contributed by atoms with Crippen LogP contribution in [0.1, 0.15) is 29.8 Å². The Balaban J connectivity index is 1.61. The van der Waals surface area contributed by atoms with Gasteiger partial charge in [-0.15, -0.1) is 0 Å². The highest BCUT2D eigenvalue weighted by Crippen LogP contribution is 2.32. The Bertz CT molecular complexity index is 1060. The molecule has 1 aliphatic rings. The Morgan fingerprint density at radius 3 is 2.53 bits per heavy atom. The van der Waals surface area contributed by atoms with Gasteiger partial charge in [-0.05, 0) is 56.0 Å². The zero-order valence-electron chi connectivity index (χ0n) is 17.7. The second kappa shape index (κ2) is 10.8. The Morgan fingerprint density at radius 1 is 1.09 bits per heavy atom. The molecule has 168 valence electrons. The molecule has 0 aliphatic carbocycles. The van der Waals surface area contributed by atoms with E-state index in [1.807, 2.05) is 13.8 Å². The number of nitrogens with zero attached hydrogens (tertiary/aromatic N) is 1. The summed E-state index contributed by atoms with van der Waals surface area (Å²) >= 11 is 0.743. The van der Waals surface area contributed by atoms with E-state index in [4.69, 9.17) is 9.47 Å². The van der Waals surface area contributed by atoms with Crippen molar-refractivity contribution >= 4 is 34.9 Å². The lowest BCUT2D eigenvalue weighted by Crippen LogP contribution is -2.37. The topological polar surface area (TPSA) is 84.9 Å². The first-order valence-corrected chi connectivity index (χ1v) is 10.9. The van der Waals surface area contributed by atoms with Gasteiger partial charge in [0.2, 0.25) is 0 Å². The number of nitrogens with one attached hydrogen (secondary N) is 1. The van der Waals surface area contributed by atoms with Gasteiger partial charge in [-0.25, -0.2) is 4.39 Å². The molecule has 1 saturated heterocycles. The smallest absolute Gasteiger partial charge is 0.293 e. The van der Waals surface area contributed by atoms with Crippen molar-refractivity contribution in [3.05, 3.63) is 64.3 Å². The second-order valence-corrected chi connectivity index (χ2v) is 7.63. The number of benzene rings is 2. The maximum Gasteiger partial charge on any atom is 0.293 e. The fourth-order valence-electron chi connectivity index (χ4n) is 3.00. The van der Waals surface area contributed by atoms with Gasteiger partial charge in [0.05, 0.1) is 18.1 Å². The number of thioether (sulfide) groups is 1. The van der Waals surface area contributed by atoms with Gasteiger partial charge < -0.3 is 14.8 Å². The SMILES string of the molecule is CCOc1ccc(C(=O)NCCN2C(=O)S/C(=C\c3ccccc3F)C2=O)cc1OCC. The molecule has 0 saturated carbocycles. The van der Waals surface area contributed by atoms with Gasteiger partial charge in [0.15, 0.2) is 11.5 Å².